The second-order valence-corrected chi connectivity index (χ2v) is 5.28. The third-order valence-corrected chi connectivity index (χ3v) is 3.04. The van der Waals surface area contributed by atoms with Crippen molar-refractivity contribution in [3.05, 3.63) is 0 Å². The Morgan fingerprint density at radius 1 is 1.20 bits per heavy atom. The van der Waals surface area contributed by atoms with E-state index in [0.29, 0.717) is 6.61 Å². The molecule has 0 aliphatic rings. The Morgan fingerprint density at radius 2 is 1.80 bits per heavy atom. The summed E-state index contributed by atoms with van der Waals surface area (Å²) in [6.45, 7) is 5.85. The van der Waals surface area contributed by atoms with E-state index in [1.54, 1.807) is 13.8 Å². The predicted molar refractivity (Wildman–Crippen MR) is 60.8 cm³/mol. The normalized spacial score (nSPS) is 15.5. The molecule has 1 unspecified atom stereocenters. The Labute approximate surface area is 92.6 Å². The zero-order chi connectivity index (χ0) is 11.7. The molecule has 0 bridgehead atoms. The molecule has 92 valence electrons. The Morgan fingerprint density at radius 3 is 2.33 bits per heavy atom. The van der Waals surface area contributed by atoms with Gasteiger partial charge in [-0.3, -0.25) is 9.05 Å². The summed E-state index contributed by atoms with van der Waals surface area (Å²) in [5.41, 5.74) is 0. The van der Waals surface area contributed by atoms with Crippen LogP contribution < -0.4 is 0 Å². The van der Waals surface area contributed by atoms with E-state index in [2.05, 4.69) is 6.92 Å². The lowest BCUT2D eigenvalue weighted by Gasteiger charge is -2.14. The quantitative estimate of drug-likeness (QED) is 0.493. The first kappa shape index (κ1) is 15.1. The molecule has 15 heavy (non-hydrogen) atoms. The molecule has 0 rings (SSSR count). The molecule has 0 aromatic heterocycles. The van der Waals surface area contributed by atoms with Gasteiger partial charge in [-0.05, 0) is 20.3 Å². The maximum Gasteiger partial charge on any atom is 0.472 e. The van der Waals surface area contributed by atoms with Gasteiger partial charge < -0.3 is 4.89 Å². The van der Waals surface area contributed by atoms with E-state index in [0.717, 1.165) is 19.3 Å². The van der Waals surface area contributed by atoms with Gasteiger partial charge in [0.05, 0.1) is 12.7 Å². The van der Waals surface area contributed by atoms with Crippen LogP contribution in [0.3, 0.4) is 0 Å². The summed E-state index contributed by atoms with van der Waals surface area (Å²) in [5.74, 6) is 0. The summed E-state index contributed by atoms with van der Waals surface area (Å²) < 4.78 is 20.8. The molecule has 0 radical (unpaired) electrons. The van der Waals surface area contributed by atoms with Gasteiger partial charge in [0, 0.05) is 0 Å². The topological polar surface area (TPSA) is 55.8 Å². The van der Waals surface area contributed by atoms with E-state index in [-0.39, 0.29) is 6.10 Å². The largest absolute Gasteiger partial charge is 0.472 e. The Balaban J connectivity index is 3.45. The summed E-state index contributed by atoms with van der Waals surface area (Å²) in [6, 6.07) is 0. The van der Waals surface area contributed by atoms with Gasteiger partial charge in [-0.2, -0.15) is 0 Å². The number of unbranched alkanes of at least 4 members (excludes halogenated alkanes) is 4. The fourth-order valence-corrected chi connectivity index (χ4v) is 2.14. The SMILES string of the molecule is CCCCCCCOP(=O)(O)OC(C)C. The third kappa shape index (κ3) is 10.4. The Kier molecular flexibility index (Phi) is 8.34. The molecular formula is C10H23O4P. The average molecular weight is 238 g/mol. The Bertz CT molecular complexity index is 194. The molecule has 0 spiro atoms. The van der Waals surface area contributed by atoms with Crippen molar-refractivity contribution in [2.45, 2.75) is 59.0 Å². The van der Waals surface area contributed by atoms with Crippen molar-refractivity contribution in [3.8, 4) is 0 Å². The van der Waals surface area contributed by atoms with Gasteiger partial charge in [-0.1, -0.05) is 32.6 Å². The molecule has 0 heterocycles. The molecule has 4 nitrogen and oxygen atoms in total. The van der Waals surface area contributed by atoms with Crippen LogP contribution in [0.25, 0.3) is 0 Å². The standard InChI is InChI=1S/C10H23O4P/c1-4-5-6-7-8-9-13-15(11,12)14-10(2)3/h10H,4-9H2,1-3H3,(H,11,12). The predicted octanol–water partition coefficient (Wildman–Crippen LogP) is 3.50. The molecule has 0 amide bonds. The summed E-state index contributed by atoms with van der Waals surface area (Å²) in [5, 5.41) is 0. The number of phosphoric ester groups is 1. The van der Waals surface area contributed by atoms with E-state index >= 15 is 0 Å². The molecule has 0 fully saturated rings. The minimum absolute atomic E-state index is 0.291. The van der Waals surface area contributed by atoms with Crippen LogP contribution >= 0.6 is 7.82 Å². The zero-order valence-electron chi connectivity index (χ0n) is 9.94. The minimum Gasteiger partial charge on any atom is -0.302 e. The highest BCUT2D eigenvalue weighted by Crippen LogP contribution is 2.44. The van der Waals surface area contributed by atoms with E-state index in [9.17, 15) is 9.46 Å². The van der Waals surface area contributed by atoms with Gasteiger partial charge in [0.15, 0.2) is 0 Å². The van der Waals surface area contributed by atoms with Crippen molar-refractivity contribution in [1.82, 2.24) is 0 Å². The van der Waals surface area contributed by atoms with E-state index < -0.39 is 7.82 Å². The van der Waals surface area contributed by atoms with Crippen LogP contribution in [-0.4, -0.2) is 17.6 Å². The number of hydrogen-bond donors (Lipinski definition) is 1. The molecule has 0 aromatic carbocycles. The molecule has 1 atom stereocenters. The van der Waals surface area contributed by atoms with E-state index in [1.807, 2.05) is 0 Å². The monoisotopic (exact) mass is 238 g/mol. The summed E-state index contributed by atoms with van der Waals surface area (Å²) in [4.78, 5) is 9.20. The van der Waals surface area contributed by atoms with Crippen molar-refractivity contribution in [1.29, 1.82) is 0 Å². The van der Waals surface area contributed by atoms with Gasteiger partial charge in [0.1, 0.15) is 0 Å². The highest BCUT2D eigenvalue weighted by molar-refractivity contribution is 7.47. The highest BCUT2D eigenvalue weighted by Gasteiger charge is 2.21. The van der Waals surface area contributed by atoms with Gasteiger partial charge in [-0.15, -0.1) is 0 Å². The van der Waals surface area contributed by atoms with Gasteiger partial charge in [-0.25, -0.2) is 4.57 Å². The number of rotatable bonds is 9. The number of hydrogen-bond acceptors (Lipinski definition) is 3. The fraction of sp³-hybridized carbons (Fsp3) is 1.00. The second kappa shape index (κ2) is 8.28. The van der Waals surface area contributed by atoms with E-state index in [1.165, 1.54) is 12.8 Å². The molecule has 0 aliphatic carbocycles. The van der Waals surface area contributed by atoms with Crippen LogP contribution in [0.5, 0.6) is 0 Å². The Hall–Kier alpha value is 0.110. The summed E-state index contributed by atoms with van der Waals surface area (Å²) >= 11 is 0. The first-order valence-corrected chi connectivity index (χ1v) is 7.13. The van der Waals surface area contributed by atoms with Crippen molar-refractivity contribution >= 4 is 7.82 Å². The average Bonchev–Trinajstić information content (AvgIpc) is 2.08. The lowest BCUT2D eigenvalue weighted by Crippen LogP contribution is -2.03. The smallest absolute Gasteiger partial charge is 0.302 e. The fourth-order valence-electron chi connectivity index (χ4n) is 1.18. The molecule has 0 saturated heterocycles. The lowest BCUT2D eigenvalue weighted by molar-refractivity contribution is 0.119. The van der Waals surface area contributed by atoms with Crippen molar-refractivity contribution in [3.63, 3.8) is 0 Å². The van der Waals surface area contributed by atoms with Crippen LogP contribution in [0.1, 0.15) is 52.9 Å². The van der Waals surface area contributed by atoms with Crippen molar-refractivity contribution < 1.29 is 18.5 Å². The van der Waals surface area contributed by atoms with Crippen LogP contribution in [0.15, 0.2) is 0 Å². The third-order valence-electron chi connectivity index (χ3n) is 1.85. The summed E-state index contributed by atoms with van der Waals surface area (Å²) in [7, 11) is -3.80. The zero-order valence-corrected chi connectivity index (χ0v) is 10.8. The second-order valence-electron chi connectivity index (χ2n) is 3.87. The molecular weight excluding hydrogens is 215 g/mol. The van der Waals surface area contributed by atoms with Gasteiger partial charge in [0.2, 0.25) is 0 Å². The molecule has 1 N–H and O–H groups in total. The van der Waals surface area contributed by atoms with Crippen LogP contribution in [-0.2, 0) is 13.6 Å². The van der Waals surface area contributed by atoms with Gasteiger partial charge in [0.25, 0.3) is 0 Å². The number of phosphoric acid groups is 1. The first-order valence-electron chi connectivity index (χ1n) is 5.63. The maximum absolute atomic E-state index is 11.2. The van der Waals surface area contributed by atoms with Crippen LogP contribution in [0.4, 0.5) is 0 Å². The minimum atomic E-state index is -3.80. The first-order chi connectivity index (χ1) is 6.98. The maximum atomic E-state index is 11.2. The van der Waals surface area contributed by atoms with Crippen molar-refractivity contribution in [2.75, 3.05) is 6.61 Å². The van der Waals surface area contributed by atoms with Crippen LogP contribution in [0.2, 0.25) is 0 Å². The van der Waals surface area contributed by atoms with Crippen LogP contribution in [0, 0.1) is 0 Å². The van der Waals surface area contributed by atoms with Crippen molar-refractivity contribution in [2.24, 2.45) is 0 Å². The summed E-state index contributed by atoms with van der Waals surface area (Å²) in [6.07, 6.45) is 5.11. The molecule has 5 heteroatoms. The van der Waals surface area contributed by atoms with E-state index in [4.69, 9.17) is 9.05 Å². The molecule has 0 aliphatic heterocycles. The highest BCUT2D eigenvalue weighted by atomic mass is 31.2. The molecule has 0 saturated carbocycles. The molecule has 0 aromatic rings. The van der Waals surface area contributed by atoms with Gasteiger partial charge >= 0.3 is 7.82 Å². The lowest BCUT2D eigenvalue weighted by atomic mass is 10.2.